The molecule has 4 heteroatoms. The molecule has 2 aliphatic rings. The first-order valence-corrected chi connectivity index (χ1v) is 11.0. The average Bonchev–Trinajstić information content (AvgIpc) is 3.06. The number of hydrogen-bond donors (Lipinski definition) is 0. The molecular weight excluding hydrogens is 377 g/mol. The molecule has 2 aromatic rings. The van der Waals surface area contributed by atoms with E-state index >= 15 is 0 Å². The molecule has 0 N–H and O–H groups in total. The summed E-state index contributed by atoms with van der Waals surface area (Å²) >= 11 is 0.450. The molecule has 25 heavy (non-hydrogen) atoms. The van der Waals surface area contributed by atoms with Gasteiger partial charge >= 0.3 is 156 Å². The van der Waals surface area contributed by atoms with Crippen molar-refractivity contribution in [3.63, 3.8) is 0 Å². The zero-order valence-corrected chi connectivity index (χ0v) is 16.5. The van der Waals surface area contributed by atoms with Crippen LogP contribution in [-0.4, -0.2) is 50.4 Å². The molecular formula is C21H25NO2Se. The predicted octanol–water partition coefficient (Wildman–Crippen LogP) is 2.84. The predicted molar refractivity (Wildman–Crippen MR) is 101 cm³/mol. The molecule has 4 rings (SSSR count). The van der Waals surface area contributed by atoms with Crippen LogP contribution in [0, 0.1) is 0 Å². The van der Waals surface area contributed by atoms with Gasteiger partial charge in [0.25, 0.3) is 0 Å². The normalized spacial score (nSPS) is 28.2. The Morgan fingerprint density at radius 1 is 1.00 bits per heavy atom. The fourth-order valence-corrected chi connectivity index (χ4v) is 6.14. The summed E-state index contributed by atoms with van der Waals surface area (Å²) in [6.07, 6.45) is 0.375. The van der Waals surface area contributed by atoms with Crippen molar-refractivity contribution in [3.05, 3.63) is 66.2 Å². The molecule has 2 aromatic carbocycles. The Morgan fingerprint density at radius 2 is 1.68 bits per heavy atom. The van der Waals surface area contributed by atoms with Crippen LogP contribution < -0.4 is 4.46 Å². The van der Waals surface area contributed by atoms with Gasteiger partial charge in [-0.1, -0.05) is 0 Å². The summed E-state index contributed by atoms with van der Waals surface area (Å²) in [5.74, 6) is -0.452. The number of hydrogen-bond acceptors (Lipinski definition) is 3. The third kappa shape index (κ3) is 3.99. The van der Waals surface area contributed by atoms with Crippen LogP contribution in [0.4, 0.5) is 0 Å². The fraction of sp³-hybridized carbons (Fsp3) is 0.429. The zero-order chi connectivity index (χ0) is 17.3. The molecule has 0 amide bonds. The maximum atomic E-state index is 6.29. The molecule has 2 fully saturated rings. The van der Waals surface area contributed by atoms with Gasteiger partial charge in [-0.15, -0.1) is 0 Å². The standard InChI is InChI=1S/C21H25NO2Se/c1-21(2)23-19-14-22(13-16-9-5-3-6-10-16)18(20(19)24-21)15-25-17-11-7-4-8-12-17/h3-12,18-20H,13-15H2,1-2H3/t18-,19-,20+/m0/s1. The molecule has 2 saturated heterocycles. The molecule has 0 spiro atoms. The SMILES string of the molecule is CC1(C)O[C@H]2[C@H](CN(Cc3ccccc3)[C@H]2C[Se]c2ccccc2)O1. The first kappa shape index (κ1) is 17.3. The first-order chi connectivity index (χ1) is 12.1. The summed E-state index contributed by atoms with van der Waals surface area (Å²) < 4.78 is 13.9. The molecule has 0 aliphatic carbocycles. The second-order valence-electron chi connectivity index (χ2n) is 7.25. The number of nitrogens with zero attached hydrogens (tertiary/aromatic N) is 1. The van der Waals surface area contributed by atoms with Crippen molar-refractivity contribution in [2.75, 3.05) is 6.54 Å². The molecule has 3 atom stereocenters. The van der Waals surface area contributed by atoms with Gasteiger partial charge in [-0.25, -0.2) is 0 Å². The molecule has 132 valence electrons. The molecule has 0 unspecified atom stereocenters. The summed E-state index contributed by atoms with van der Waals surface area (Å²) in [4.78, 5) is 2.56. The summed E-state index contributed by atoms with van der Waals surface area (Å²) in [5, 5.41) is 1.16. The molecule has 3 nitrogen and oxygen atoms in total. The third-order valence-corrected chi connectivity index (χ3v) is 7.21. The van der Waals surface area contributed by atoms with Crippen molar-refractivity contribution < 1.29 is 9.47 Å². The van der Waals surface area contributed by atoms with Gasteiger partial charge in [0.15, 0.2) is 0 Å². The number of ether oxygens (including phenoxy) is 2. The van der Waals surface area contributed by atoms with E-state index in [2.05, 4.69) is 65.6 Å². The van der Waals surface area contributed by atoms with E-state index in [1.54, 1.807) is 0 Å². The Labute approximate surface area is 156 Å². The van der Waals surface area contributed by atoms with Crippen LogP contribution >= 0.6 is 0 Å². The summed E-state index contributed by atoms with van der Waals surface area (Å²) in [6.45, 7) is 5.99. The van der Waals surface area contributed by atoms with Crippen molar-refractivity contribution in [2.45, 2.75) is 49.7 Å². The monoisotopic (exact) mass is 403 g/mol. The van der Waals surface area contributed by atoms with E-state index < -0.39 is 5.79 Å². The second-order valence-corrected chi connectivity index (χ2v) is 9.54. The Bertz CT molecular complexity index is 692. The van der Waals surface area contributed by atoms with Crippen LogP contribution in [-0.2, 0) is 16.0 Å². The van der Waals surface area contributed by atoms with Crippen molar-refractivity contribution >= 4 is 19.4 Å². The molecule has 0 radical (unpaired) electrons. The number of benzene rings is 2. The van der Waals surface area contributed by atoms with Crippen LogP contribution in [0.2, 0.25) is 5.32 Å². The Morgan fingerprint density at radius 3 is 2.40 bits per heavy atom. The van der Waals surface area contributed by atoms with Crippen LogP contribution in [0.5, 0.6) is 0 Å². The van der Waals surface area contributed by atoms with E-state index in [1.807, 2.05) is 13.8 Å². The van der Waals surface area contributed by atoms with E-state index in [0.29, 0.717) is 21.0 Å². The van der Waals surface area contributed by atoms with Crippen molar-refractivity contribution in [1.29, 1.82) is 0 Å². The topological polar surface area (TPSA) is 21.7 Å². The molecule has 2 aliphatic heterocycles. The Hall–Kier alpha value is -1.16. The summed E-state index contributed by atoms with van der Waals surface area (Å²) in [5.41, 5.74) is 1.36. The van der Waals surface area contributed by atoms with E-state index in [4.69, 9.17) is 9.47 Å². The molecule has 0 bridgehead atoms. The quantitative estimate of drug-likeness (QED) is 0.718. The van der Waals surface area contributed by atoms with Crippen molar-refractivity contribution in [1.82, 2.24) is 4.90 Å². The van der Waals surface area contributed by atoms with Gasteiger partial charge in [0.1, 0.15) is 0 Å². The van der Waals surface area contributed by atoms with Crippen LogP contribution in [0.1, 0.15) is 19.4 Å². The Kier molecular flexibility index (Phi) is 4.99. The van der Waals surface area contributed by atoms with Crippen LogP contribution in [0.15, 0.2) is 60.7 Å². The van der Waals surface area contributed by atoms with Crippen molar-refractivity contribution in [3.8, 4) is 0 Å². The van der Waals surface area contributed by atoms with Gasteiger partial charge in [-0.2, -0.15) is 0 Å². The minimum absolute atomic E-state index is 0.185. The molecule has 0 aromatic heterocycles. The van der Waals surface area contributed by atoms with E-state index in [0.717, 1.165) is 18.4 Å². The third-order valence-electron chi connectivity index (χ3n) is 4.88. The van der Waals surface area contributed by atoms with Gasteiger partial charge in [0.05, 0.1) is 0 Å². The van der Waals surface area contributed by atoms with E-state index in [1.165, 1.54) is 10.0 Å². The van der Waals surface area contributed by atoms with Crippen LogP contribution in [0.25, 0.3) is 0 Å². The van der Waals surface area contributed by atoms with Gasteiger partial charge < -0.3 is 0 Å². The van der Waals surface area contributed by atoms with Gasteiger partial charge in [0, 0.05) is 0 Å². The second kappa shape index (κ2) is 7.22. The van der Waals surface area contributed by atoms with Crippen molar-refractivity contribution in [2.24, 2.45) is 0 Å². The Balaban J connectivity index is 1.49. The minimum atomic E-state index is -0.452. The van der Waals surface area contributed by atoms with Gasteiger partial charge in [-0.05, 0) is 0 Å². The number of fused-ring (bicyclic) bond motifs is 1. The molecule has 0 saturated carbocycles. The summed E-state index contributed by atoms with van der Waals surface area (Å²) in [7, 11) is 0. The van der Waals surface area contributed by atoms with Gasteiger partial charge in [0.2, 0.25) is 0 Å². The van der Waals surface area contributed by atoms with E-state index in [-0.39, 0.29) is 12.2 Å². The van der Waals surface area contributed by atoms with Gasteiger partial charge in [-0.3, -0.25) is 0 Å². The number of rotatable bonds is 5. The zero-order valence-electron chi connectivity index (χ0n) is 14.8. The molecule has 2 heterocycles. The average molecular weight is 402 g/mol. The fourth-order valence-electron chi connectivity index (χ4n) is 3.80. The number of likely N-dealkylation sites (tertiary alicyclic amines) is 1. The first-order valence-electron chi connectivity index (χ1n) is 8.92. The van der Waals surface area contributed by atoms with E-state index in [9.17, 15) is 0 Å². The van der Waals surface area contributed by atoms with Crippen LogP contribution in [0.3, 0.4) is 0 Å². The maximum absolute atomic E-state index is 6.29. The summed E-state index contributed by atoms with van der Waals surface area (Å²) in [6, 6.07) is 22.0.